The summed E-state index contributed by atoms with van der Waals surface area (Å²) in [7, 11) is 4.31. The van der Waals surface area contributed by atoms with Gasteiger partial charge in [0.2, 0.25) is 0 Å². The minimum Gasteiger partial charge on any atom is -0.397 e. The molecule has 1 saturated heterocycles. The molecule has 1 unspecified atom stereocenters. The molecule has 0 aliphatic carbocycles. The lowest BCUT2D eigenvalue weighted by Crippen LogP contribution is -2.27. The third kappa shape index (κ3) is 3.13. The Morgan fingerprint density at radius 3 is 2.94 bits per heavy atom. The van der Waals surface area contributed by atoms with Gasteiger partial charge in [0.25, 0.3) is 0 Å². The molecule has 4 heteroatoms. The van der Waals surface area contributed by atoms with Crippen molar-refractivity contribution >= 4 is 27.3 Å². The van der Waals surface area contributed by atoms with Gasteiger partial charge < -0.3 is 15.5 Å². The number of nitrogen functional groups attached to an aromatic ring is 1. The van der Waals surface area contributed by atoms with Crippen LogP contribution < -0.4 is 10.6 Å². The second kappa shape index (κ2) is 5.27. The van der Waals surface area contributed by atoms with Crippen LogP contribution in [-0.2, 0) is 0 Å². The predicted molar refractivity (Wildman–Crippen MR) is 77.4 cm³/mol. The van der Waals surface area contributed by atoms with Crippen molar-refractivity contribution in [2.45, 2.75) is 6.42 Å². The van der Waals surface area contributed by atoms with Crippen molar-refractivity contribution in [3.05, 3.63) is 22.7 Å². The molecule has 0 radical (unpaired) electrons. The van der Waals surface area contributed by atoms with Crippen LogP contribution in [0.4, 0.5) is 11.4 Å². The average Bonchev–Trinajstić information content (AvgIpc) is 2.67. The van der Waals surface area contributed by atoms with Crippen molar-refractivity contribution in [1.29, 1.82) is 0 Å². The minimum absolute atomic E-state index is 0.753. The highest BCUT2D eigenvalue weighted by molar-refractivity contribution is 9.10. The van der Waals surface area contributed by atoms with E-state index in [2.05, 4.69) is 45.9 Å². The van der Waals surface area contributed by atoms with E-state index in [9.17, 15) is 0 Å². The van der Waals surface area contributed by atoms with Gasteiger partial charge in [-0.15, -0.1) is 0 Å². The van der Waals surface area contributed by atoms with E-state index in [0.29, 0.717) is 0 Å². The fourth-order valence-electron chi connectivity index (χ4n) is 2.51. The molecule has 1 aliphatic heterocycles. The van der Waals surface area contributed by atoms with Crippen molar-refractivity contribution in [1.82, 2.24) is 4.90 Å². The lowest BCUT2D eigenvalue weighted by atomic mass is 10.1. The number of halogens is 1. The van der Waals surface area contributed by atoms with E-state index in [4.69, 9.17) is 5.73 Å². The quantitative estimate of drug-likeness (QED) is 0.870. The highest BCUT2D eigenvalue weighted by Crippen LogP contribution is 2.28. The Morgan fingerprint density at radius 1 is 1.53 bits per heavy atom. The third-order valence-electron chi connectivity index (χ3n) is 3.42. The Balaban J connectivity index is 2.04. The van der Waals surface area contributed by atoms with Crippen molar-refractivity contribution in [2.24, 2.45) is 5.92 Å². The molecule has 0 saturated carbocycles. The highest BCUT2D eigenvalue weighted by Gasteiger charge is 2.21. The summed E-state index contributed by atoms with van der Waals surface area (Å²) in [5.74, 6) is 0.753. The van der Waals surface area contributed by atoms with Gasteiger partial charge in [-0.05, 0) is 44.1 Å². The molecule has 0 aromatic heterocycles. The molecule has 3 nitrogen and oxygen atoms in total. The van der Waals surface area contributed by atoms with Crippen molar-refractivity contribution in [2.75, 3.05) is 44.4 Å². The van der Waals surface area contributed by atoms with Gasteiger partial charge in [0, 0.05) is 24.6 Å². The molecule has 1 atom stereocenters. The normalized spacial score (nSPS) is 20.8. The van der Waals surface area contributed by atoms with Crippen LogP contribution in [0.5, 0.6) is 0 Å². The van der Waals surface area contributed by atoms with Crippen molar-refractivity contribution in [3.8, 4) is 0 Å². The van der Waals surface area contributed by atoms with Gasteiger partial charge >= 0.3 is 0 Å². The van der Waals surface area contributed by atoms with E-state index >= 15 is 0 Å². The molecule has 0 amide bonds. The number of hydrogen-bond acceptors (Lipinski definition) is 3. The highest BCUT2D eigenvalue weighted by atomic mass is 79.9. The molecule has 1 aliphatic rings. The Morgan fingerprint density at radius 2 is 2.29 bits per heavy atom. The Hall–Kier alpha value is -0.740. The Bertz CT molecular complexity index is 394. The second-order valence-corrected chi connectivity index (χ2v) is 5.92. The predicted octanol–water partition coefficient (Wildman–Crippen LogP) is 2.42. The zero-order valence-corrected chi connectivity index (χ0v) is 12.1. The molecule has 0 spiro atoms. The number of anilines is 2. The summed E-state index contributed by atoms with van der Waals surface area (Å²) >= 11 is 3.50. The average molecular weight is 298 g/mol. The molecular weight excluding hydrogens is 278 g/mol. The van der Waals surface area contributed by atoms with Gasteiger partial charge in [0.05, 0.1) is 11.4 Å². The van der Waals surface area contributed by atoms with E-state index in [1.807, 2.05) is 12.1 Å². The van der Waals surface area contributed by atoms with E-state index in [0.717, 1.165) is 28.3 Å². The molecule has 2 rings (SSSR count). The first-order chi connectivity index (χ1) is 8.06. The number of hydrogen-bond donors (Lipinski definition) is 1. The van der Waals surface area contributed by atoms with Crippen LogP contribution in [0.2, 0.25) is 0 Å². The van der Waals surface area contributed by atoms with E-state index < -0.39 is 0 Å². The van der Waals surface area contributed by atoms with Gasteiger partial charge in [-0.2, -0.15) is 0 Å². The lowest BCUT2D eigenvalue weighted by molar-refractivity contribution is 0.396. The number of likely N-dealkylation sites (tertiary alicyclic amines) is 1. The summed E-state index contributed by atoms with van der Waals surface area (Å²) in [6, 6.07) is 6.03. The molecule has 1 aromatic carbocycles. The summed E-state index contributed by atoms with van der Waals surface area (Å²) in [5, 5.41) is 0. The SMILES string of the molecule is CN1CCC(CN(C)c2cc(Br)ccc2N)C1. The van der Waals surface area contributed by atoms with Gasteiger partial charge in [-0.25, -0.2) is 0 Å². The van der Waals surface area contributed by atoms with Crippen LogP contribution in [0.3, 0.4) is 0 Å². The standard InChI is InChI=1S/C13H20BrN3/c1-16-6-5-10(8-16)9-17(2)13-7-11(14)3-4-12(13)15/h3-4,7,10H,5-6,8-9,15H2,1-2H3. The van der Waals surface area contributed by atoms with Crippen LogP contribution in [0.25, 0.3) is 0 Å². The maximum atomic E-state index is 6.02. The summed E-state index contributed by atoms with van der Waals surface area (Å²) < 4.78 is 1.08. The molecule has 1 aromatic rings. The van der Waals surface area contributed by atoms with Gasteiger partial charge in [0.1, 0.15) is 0 Å². The molecule has 17 heavy (non-hydrogen) atoms. The van der Waals surface area contributed by atoms with E-state index in [1.54, 1.807) is 0 Å². The number of nitrogens with zero attached hydrogens (tertiary/aromatic N) is 2. The smallest absolute Gasteiger partial charge is 0.0608 e. The van der Waals surface area contributed by atoms with E-state index in [-0.39, 0.29) is 0 Å². The monoisotopic (exact) mass is 297 g/mol. The zero-order chi connectivity index (χ0) is 12.4. The molecule has 94 valence electrons. The lowest BCUT2D eigenvalue weighted by Gasteiger charge is -2.24. The van der Waals surface area contributed by atoms with Gasteiger partial charge in [-0.3, -0.25) is 0 Å². The molecule has 1 heterocycles. The van der Waals surface area contributed by atoms with Crippen LogP contribution in [0, 0.1) is 5.92 Å². The summed E-state index contributed by atoms with van der Waals surface area (Å²) in [4.78, 5) is 4.66. The largest absolute Gasteiger partial charge is 0.397 e. The Kier molecular flexibility index (Phi) is 3.94. The number of rotatable bonds is 3. The zero-order valence-electron chi connectivity index (χ0n) is 10.5. The van der Waals surface area contributed by atoms with Crippen LogP contribution >= 0.6 is 15.9 Å². The van der Waals surface area contributed by atoms with Gasteiger partial charge in [0.15, 0.2) is 0 Å². The van der Waals surface area contributed by atoms with Crippen molar-refractivity contribution in [3.63, 3.8) is 0 Å². The second-order valence-electron chi connectivity index (χ2n) is 5.00. The fourth-order valence-corrected chi connectivity index (χ4v) is 2.86. The van der Waals surface area contributed by atoms with Crippen LogP contribution in [0.1, 0.15) is 6.42 Å². The van der Waals surface area contributed by atoms with Crippen LogP contribution in [0.15, 0.2) is 22.7 Å². The van der Waals surface area contributed by atoms with Crippen LogP contribution in [-0.4, -0.2) is 38.6 Å². The summed E-state index contributed by atoms with van der Waals surface area (Å²) in [6.07, 6.45) is 1.29. The summed E-state index contributed by atoms with van der Waals surface area (Å²) in [6.45, 7) is 3.48. The topological polar surface area (TPSA) is 32.5 Å². The molecule has 0 bridgehead atoms. The number of nitrogens with two attached hydrogens (primary N) is 1. The van der Waals surface area contributed by atoms with Gasteiger partial charge in [-0.1, -0.05) is 15.9 Å². The Labute approximate surface area is 112 Å². The first-order valence-corrected chi connectivity index (χ1v) is 6.80. The molecule has 1 fully saturated rings. The fraction of sp³-hybridized carbons (Fsp3) is 0.538. The number of benzene rings is 1. The first-order valence-electron chi connectivity index (χ1n) is 6.01. The maximum Gasteiger partial charge on any atom is 0.0608 e. The third-order valence-corrected chi connectivity index (χ3v) is 3.92. The summed E-state index contributed by atoms with van der Waals surface area (Å²) in [5.41, 5.74) is 7.99. The molecular formula is C13H20BrN3. The van der Waals surface area contributed by atoms with E-state index in [1.165, 1.54) is 19.5 Å². The van der Waals surface area contributed by atoms with Crippen molar-refractivity contribution < 1.29 is 0 Å². The first kappa shape index (κ1) is 12.7. The molecule has 2 N–H and O–H groups in total. The minimum atomic E-state index is 0.753. The maximum absolute atomic E-state index is 6.02.